The number of hydrogen-bond acceptors (Lipinski definition) is 5. The Kier molecular flexibility index (Phi) is 8.02. The number of aliphatic imine (C=N–C) groups is 1. The fourth-order valence-corrected chi connectivity index (χ4v) is 3.07. The standard InChI is InChI=1S/C21H35N7O2/c1-7-21(8-2,25-19(29)30-20(3,4)5)15-24-18(22-6)23-13-12-17-27-26-16-11-9-10-14-28(16)17/h9-11,14H,7-8,12-13,15H2,1-6H3,(H,25,29)(H2,22,23,24). The minimum Gasteiger partial charge on any atom is -0.444 e. The molecule has 0 saturated carbocycles. The zero-order valence-electron chi connectivity index (χ0n) is 19.0. The molecule has 0 aliphatic carbocycles. The van der Waals surface area contributed by atoms with Crippen molar-refractivity contribution in [3.05, 3.63) is 30.2 Å². The molecular formula is C21H35N7O2. The van der Waals surface area contributed by atoms with E-state index in [1.807, 2.05) is 49.6 Å². The minimum atomic E-state index is -0.534. The minimum absolute atomic E-state index is 0.408. The van der Waals surface area contributed by atoms with Gasteiger partial charge in [-0.15, -0.1) is 10.2 Å². The van der Waals surface area contributed by atoms with Crippen molar-refractivity contribution in [3.8, 4) is 0 Å². The zero-order valence-corrected chi connectivity index (χ0v) is 19.0. The van der Waals surface area contributed by atoms with Crippen LogP contribution in [0.3, 0.4) is 0 Å². The second kappa shape index (κ2) is 10.3. The highest BCUT2D eigenvalue weighted by molar-refractivity contribution is 5.79. The van der Waals surface area contributed by atoms with Gasteiger partial charge in [0.15, 0.2) is 11.6 Å². The zero-order chi connectivity index (χ0) is 22.2. The summed E-state index contributed by atoms with van der Waals surface area (Å²) < 4.78 is 7.41. The highest BCUT2D eigenvalue weighted by Gasteiger charge is 2.30. The van der Waals surface area contributed by atoms with Gasteiger partial charge in [0.2, 0.25) is 0 Å². The highest BCUT2D eigenvalue weighted by Crippen LogP contribution is 2.16. The average Bonchev–Trinajstić information content (AvgIpc) is 3.11. The summed E-state index contributed by atoms with van der Waals surface area (Å²) in [4.78, 5) is 16.6. The van der Waals surface area contributed by atoms with Gasteiger partial charge in [-0.3, -0.25) is 9.39 Å². The van der Waals surface area contributed by atoms with Crippen LogP contribution in [0.25, 0.3) is 5.65 Å². The lowest BCUT2D eigenvalue weighted by Gasteiger charge is -2.34. The van der Waals surface area contributed by atoms with Gasteiger partial charge in [0.05, 0.1) is 5.54 Å². The first-order valence-electron chi connectivity index (χ1n) is 10.5. The fraction of sp³-hybridized carbons (Fsp3) is 0.619. The van der Waals surface area contributed by atoms with Gasteiger partial charge < -0.3 is 20.7 Å². The molecule has 0 unspecified atom stereocenters. The molecule has 0 bridgehead atoms. The Morgan fingerprint density at radius 1 is 1.17 bits per heavy atom. The Morgan fingerprint density at radius 3 is 2.53 bits per heavy atom. The molecular weight excluding hydrogens is 382 g/mol. The van der Waals surface area contributed by atoms with Crippen LogP contribution < -0.4 is 16.0 Å². The predicted octanol–water partition coefficient (Wildman–Crippen LogP) is 2.52. The number of nitrogens with zero attached hydrogens (tertiary/aromatic N) is 4. The van der Waals surface area contributed by atoms with Gasteiger partial charge in [-0.2, -0.15) is 0 Å². The molecule has 2 aromatic heterocycles. The molecule has 0 fully saturated rings. The quantitative estimate of drug-likeness (QED) is 0.450. The van der Waals surface area contributed by atoms with Crippen LogP contribution in [0.4, 0.5) is 4.79 Å². The molecule has 30 heavy (non-hydrogen) atoms. The van der Waals surface area contributed by atoms with Crippen molar-refractivity contribution in [1.82, 2.24) is 30.5 Å². The van der Waals surface area contributed by atoms with E-state index in [9.17, 15) is 4.79 Å². The number of carbonyl (C=O) groups is 1. The second-order valence-corrected chi connectivity index (χ2v) is 8.26. The van der Waals surface area contributed by atoms with Gasteiger partial charge in [-0.05, 0) is 45.7 Å². The van der Waals surface area contributed by atoms with Crippen molar-refractivity contribution in [2.45, 2.75) is 65.0 Å². The van der Waals surface area contributed by atoms with E-state index in [0.717, 1.165) is 24.3 Å². The average molecular weight is 418 g/mol. The van der Waals surface area contributed by atoms with Gasteiger partial charge in [0.1, 0.15) is 11.4 Å². The Morgan fingerprint density at radius 2 is 1.90 bits per heavy atom. The van der Waals surface area contributed by atoms with Gasteiger partial charge in [-0.25, -0.2) is 4.79 Å². The van der Waals surface area contributed by atoms with E-state index >= 15 is 0 Å². The van der Waals surface area contributed by atoms with Crippen molar-refractivity contribution >= 4 is 17.7 Å². The number of rotatable bonds is 8. The molecule has 3 N–H and O–H groups in total. The summed E-state index contributed by atoms with van der Waals surface area (Å²) in [7, 11) is 1.72. The van der Waals surface area contributed by atoms with Gasteiger partial charge in [-0.1, -0.05) is 19.9 Å². The van der Waals surface area contributed by atoms with E-state index in [4.69, 9.17) is 4.74 Å². The number of guanidine groups is 1. The van der Waals surface area contributed by atoms with Crippen LogP contribution in [-0.2, 0) is 11.2 Å². The second-order valence-electron chi connectivity index (χ2n) is 8.26. The van der Waals surface area contributed by atoms with E-state index in [-0.39, 0.29) is 0 Å². The van der Waals surface area contributed by atoms with Crippen LogP contribution in [0.2, 0.25) is 0 Å². The van der Waals surface area contributed by atoms with Crippen LogP contribution in [0.5, 0.6) is 0 Å². The highest BCUT2D eigenvalue weighted by atomic mass is 16.6. The van der Waals surface area contributed by atoms with Crippen molar-refractivity contribution in [3.63, 3.8) is 0 Å². The van der Waals surface area contributed by atoms with Crippen LogP contribution in [0.1, 0.15) is 53.3 Å². The lowest BCUT2D eigenvalue weighted by atomic mass is 9.93. The first-order chi connectivity index (χ1) is 14.2. The third-order valence-corrected chi connectivity index (χ3v) is 4.96. The summed E-state index contributed by atoms with van der Waals surface area (Å²) in [6.07, 6.45) is 3.78. The van der Waals surface area contributed by atoms with E-state index in [1.165, 1.54) is 0 Å². The summed E-state index contributed by atoms with van der Waals surface area (Å²) in [6.45, 7) is 10.9. The van der Waals surface area contributed by atoms with E-state index in [0.29, 0.717) is 25.5 Å². The van der Waals surface area contributed by atoms with Gasteiger partial charge in [0, 0.05) is 32.8 Å². The maximum absolute atomic E-state index is 12.3. The lowest BCUT2D eigenvalue weighted by Crippen LogP contribution is -2.57. The molecule has 0 spiro atoms. The Bertz CT molecular complexity index is 850. The Labute approximate surface area is 178 Å². The number of nitrogens with one attached hydrogen (secondary N) is 3. The molecule has 0 saturated heterocycles. The summed E-state index contributed by atoms with van der Waals surface area (Å²) in [5.74, 6) is 1.55. The predicted molar refractivity (Wildman–Crippen MR) is 119 cm³/mol. The molecule has 0 aromatic carbocycles. The molecule has 2 aromatic rings. The number of amides is 1. The molecule has 1 amide bonds. The molecule has 0 atom stereocenters. The normalized spacial score (nSPS) is 12.7. The lowest BCUT2D eigenvalue weighted by molar-refractivity contribution is 0.0448. The summed E-state index contributed by atoms with van der Waals surface area (Å²) in [6, 6.07) is 5.83. The molecule has 0 aliphatic rings. The maximum atomic E-state index is 12.3. The third-order valence-electron chi connectivity index (χ3n) is 4.96. The van der Waals surface area contributed by atoms with Crippen LogP contribution >= 0.6 is 0 Å². The summed E-state index contributed by atoms with van der Waals surface area (Å²) >= 11 is 0. The number of hydrogen-bond donors (Lipinski definition) is 3. The Balaban J connectivity index is 1.89. The van der Waals surface area contributed by atoms with E-state index in [2.05, 4.69) is 45.0 Å². The van der Waals surface area contributed by atoms with Crippen molar-refractivity contribution in [2.24, 2.45) is 4.99 Å². The molecule has 2 rings (SSSR count). The monoisotopic (exact) mass is 417 g/mol. The fourth-order valence-electron chi connectivity index (χ4n) is 3.07. The topological polar surface area (TPSA) is 105 Å². The maximum Gasteiger partial charge on any atom is 0.408 e. The van der Waals surface area contributed by atoms with Crippen LogP contribution in [0, 0.1) is 0 Å². The SMILES string of the molecule is CCC(CC)(CNC(=NC)NCCc1nnc2ccccn12)NC(=O)OC(C)(C)C. The van der Waals surface area contributed by atoms with Crippen LogP contribution in [0.15, 0.2) is 29.4 Å². The number of ether oxygens (including phenoxy) is 1. The van der Waals surface area contributed by atoms with Crippen molar-refractivity contribution in [2.75, 3.05) is 20.1 Å². The molecule has 9 nitrogen and oxygen atoms in total. The summed E-state index contributed by atoms with van der Waals surface area (Å²) in [5.41, 5.74) is -0.129. The summed E-state index contributed by atoms with van der Waals surface area (Å²) in [5, 5.41) is 18.1. The smallest absolute Gasteiger partial charge is 0.408 e. The number of carbonyl (C=O) groups excluding carboxylic acids is 1. The molecule has 0 aliphatic heterocycles. The van der Waals surface area contributed by atoms with Crippen molar-refractivity contribution < 1.29 is 9.53 Å². The number of aromatic nitrogens is 3. The van der Waals surface area contributed by atoms with Gasteiger partial charge in [0.25, 0.3) is 0 Å². The van der Waals surface area contributed by atoms with E-state index in [1.54, 1.807) is 7.05 Å². The van der Waals surface area contributed by atoms with Crippen LogP contribution in [-0.4, -0.2) is 57.9 Å². The molecule has 166 valence electrons. The number of pyridine rings is 1. The number of alkyl carbamates (subject to hydrolysis) is 1. The Hall–Kier alpha value is -2.84. The number of fused-ring (bicyclic) bond motifs is 1. The molecule has 0 radical (unpaired) electrons. The largest absolute Gasteiger partial charge is 0.444 e. The first-order valence-corrected chi connectivity index (χ1v) is 10.5. The van der Waals surface area contributed by atoms with E-state index < -0.39 is 17.2 Å². The molecule has 9 heteroatoms. The van der Waals surface area contributed by atoms with Gasteiger partial charge >= 0.3 is 6.09 Å². The third kappa shape index (κ3) is 6.60. The first kappa shape index (κ1) is 23.4. The van der Waals surface area contributed by atoms with Crippen molar-refractivity contribution in [1.29, 1.82) is 0 Å². The molecule has 2 heterocycles.